The van der Waals surface area contributed by atoms with E-state index in [-0.39, 0.29) is 10.4 Å². The summed E-state index contributed by atoms with van der Waals surface area (Å²) in [5.74, 6) is -3.23. The number of carbonyl (C=O) groups is 2. The second-order valence-electron chi connectivity index (χ2n) is 10.6. The third-order valence-corrected chi connectivity index (χ3v) is 4.81. The van der Waals surface area contributed by atoms with E-state index in [4.69, 9.17) is 18.8 Å². The van der Waals surface area contributed by atoms with Crippen molar-refractivity contribution in [1.82, 2.24) is 4.98 Å². The summed E-state index contributed by atoms with van der Waals surface area (Å²) in [6.45, 7) is 16.4. The molecule has 1 fully saturated rings. The number of halogens is 2. The van der Waals surface area contributed by atoms with Crippen molar-refractivity contribution in [1.29, 1.82) is 0 Å². The minimum absolute atomic E-state index is 0.225. The van der Waals surface area contributed by atoms with E-state index in [1.54, 1.807) is 69.2 Å². The van der Waals surface area contributed by atoms with Gasteiger partial charge in [-0.05, 0) is 75.3 Å². The molecule has 178 valence electrons. The largest absolute Gasteiger partial charge is 0.499 e. The average molecular weight is 456 g/mol. The van der Waals surface area contributed by atoms with Gasteiger partial charge in [0, 0.05) is 5.46 Å². The molecule has 0 spiro atoms. The van der Waals surface area contributed by atoms with Crippen LogP contribution in [0, 0.1) is 11.8 Å². The fraction of sp³-hybridized carbons (Fsp3) is 0.667. The lowest BCUT2D eigenvalue weighted by molar-refractivity contribution is 0.00578. The van der Waals surface area contributed by atoms with Gasteiger partial charge in [0.05, 0.1) is 11.2 Å². The zero-order valence-corrected chi connectivity index (χ0v) is 20.3. The number of aromatic nitrogens is 1. The monoisotopic (exact) mass is 456 g/mol. The molecule has 11 heteroatoms. The molecule has 8 nitrogen and oxygen atoms in total. The van der Waals surface area contributed by atoms with Crippen LogP contribution in [-0.4, -0.2) is 46.7 Å². The van der Waals surface area contributed by atoms with Gasteiger partial charge in [-0.2, -0.15) is 14.3 Å². The first kappa shape index (κ1) is 26.0. The first-order valence-corrected chi connectivity index (χ1v) is 10.2. The maximum Gasteiger partial charge on any atom is 0.499 e. The zero-order chi connectivity index (χ0) is 24.9. The third kappa shape index (κ3) is 5.75. The highest BCUT2D eigenvalue weighted by Crippen LogP contribution is 2.37. The Morgan fingerprint density at radius 2 is 1.34 bits per heavy atom. The summed E-state index contributed by atoms with van der Waals surface area (Å²) in [4.78, 5) is 29.1. The van der Waals surface area contributed by atoms with Crippen LogP contribution in [0.1, 0.15) is 69.2 Å². The quantitative estimate of drug-likeness (QED) is 0.484. The number of anilines is 1. The number of hydrogen-bond donors (Lipinski definition) is 0. The van der Waals surface area contributed by atoms with Gasteiger partial charge in [-0.3, -0.25) is 0 Å². The number of ether oxygens (including phenoxy) is 2. The Bertz CT molecular complexity index is 865. The molecule has 1 aromatic heterocycles. The molecule has 1 saturated heterocycles. The van der Waals surface area contributed by atoms with Crippen LogP contribution in [0.5, 0.6) is 0 Å². The molecule has 0 saturated carbocycles. The van der Waals surface area contributed by atoms with Gasteiger partial charge in [0.15, 0.2) is 11.6 Å². The number of rotatable bonds is 2. The Labute approximate surface area is 187 Å². The van der Waals surface area contributed by atoms with Crippen molar-refractivity contribution >= 4 is 30.6 Å². The second-order valence-corrected chi connectivity index (χ2v) is 10.6. The summed E-state index contributed by atoms with van der Waals surface area (Å²) in [7, 11) is -1.23. The maximum atomic E-state index is 15.1. The van der Waals surface area contributed by atoms with Crippen molar-refractivity contribution < 1.29 is 37.2 Å². The Morgan fingerprint density at radius 1 is 0.938 bits per heavy atom. The van der Waals surface area contributed by atoms with Gasteiger partial charge < -0.3 is 18.8 Å². The Kier molecular flexibility index (Phi) is 6.71. The Morgan fingerprint density at radius 3 is 1.72 bits per heavy atom. The average Bonchev–Trinajstić information content (AvgIpc) is 2.74. The fourth-order valence-electron chi connectivity index (χ4n) is 2.63. The Hall–Kier alpha value is -2.27. The van der Waals surface area contributed by atoms with Crippen LogP contribution in [-0.2, 0) is 18.8 Å². The molecule has 0 N–H and O–H groups in total. The molecule has 0 bridgehead atoms. The lowest BCUT2D eigenvalue weighted by Crippen LogP contribution is -2.45. The molecule has 1 aliphatic rings. The van der Waals surface area contributed by atoms with Gasteiger partial charge in [0.2, 0.25) is 5.95 Å². The molecule has 0 atom stereocenters. The number of pyridine rings is 1. The third-order valence-electron chi connectivity index (χ3n) is 4.81. The van der Waals surface area contributed by atoms with Gasteiger partial charge in [-0.1, -0.05) is 0 Å². The van der Waals surface area contributed by atoms with Crippen LogP contribution in [0.15, 0.2) is 6.07 Å². The molecule has 0 aromatic carbocycles. The van der Waals surface area contributed by atoms with E-state index in [0.29, 0.717) is 0 Å². The normalized spacial score (nSPS) is 17.8. The standard InChI is InChI=1S/C21H31BF2N2O6/c1-18(2,3)29-16(27)26(17(28)30-19(4,5)6)15-13(23)11-12(14(24)25-15)22-31-20(7,8)21(9,10)32-22/h11H,1-10H3. The van der Waals surface area contributed by atoms with Gasteiger partial charge in [0.1, 0.15) is 11.2 Å². The highest BCUT2D eigenvalue weighted by molar-refractivity contribution is 6.62. The van der Waals surface area contributed by atoms with Gasteiger partial charge in [-0.15, -0.1) is 0 Å². The predicted molar refractivity (Wildman–Crippen MR) is 115 cm³/mol. The summed E-state index contributed by atoms with van der Waals surface area (Å²) in [6, 6.07) is 0.779. The van der Waals surface area contributed by atoms with Crippen molar-refractivity contribution in [2.24, 2.45) is 0 Å². The van der Waals surface area contributed by atoms with E-state index >= 15 is 4.39 Å². The summed E-state index contributed by atoms with van der Waals surface area (Å²) in [5.41, 5.74) is -3.93. The number of hydrogen-bond acceptors (Lipinski definition) is 7. The first-order chi connectivity index (χ1) is 14.2. The molecule has 32 heavy (non-hydrogen) atoms. The molecule has 0 radical (unpaired) electrons. The molecule has 2 heterocycles. The lowest BCUT2D eigenvalue weighted by atomic mass is 9.80. The molecule has 0 unspecified atom stereocenters. The van der Waals surface area contributed by atoms with Gasteiger partial charge in [-0.25, -0.2) is 14.0 Å². The summed E-state index contributed by atoms with van der Waals surface area (Å²) < 4.78 is 51.9. The molecule has 2 amide bonds. The molecule has 1 aliphatic heterocycles. The van der Waals surface area contributed by atoms with Crippen molar-refractivity contribution in [2.45, 2.75) is 91.6 Å². The van der Waals surface area contributed by atoms with Crippen molar-refractivity contribution in [3.63, 3.8) is 0 Å². The predicted octanol–water partition coefficient (Wildman–Crippen LogP) is 4.34. The molecular weight excluding hydrogens is 425 g/mol. The van der Waals surface area contributed by atoms with E-state index < -0.39 is 59.3 Å². The van der Waals surface area contributed by atoms with Crippen LogP contribution < -0.4 is 10.4 Å². The molecule has 0 aliphatic carbocycles. The first-order valence-electron chi connectivity index (χ1n) is 10.2. The topological polar surface area (TPSA) is 87.2 Å². The van der Waals surface area contributed by atoms with E-state index in [9.17, 15) is 14.0 Å². The van der Waals surface area contributed by atoms with E-state index in [1.165, 1.54) is 0 Å². The zero-order valence-electron chi connectivity index (χ0n) is 20.3. The number of imide groups is 1. The highest BCUT2D eigenvalue weighted by atomic mass is 19.1. The number of amides is 2. The minimum atomic E-state index is -1.26. The maximum absolute atomic E-state index is 15.1. The molecule has 2 rings (SSSR count). The number of nitrogens with zero attached hydrogens (tertiary/aromatic N) is 2. The van der Waals surface area contributed by atoms with Gasteiger partial charge in [0.25, 0.3) is 0 Å². The fourth-order valence-corrected chi connectivity index (χ4v) is 2.63. The van der Waals surface area contributed by atoms with Crippen LogP contribution in [0.4, 0.5) is 24.2 Å². The Balaban J connectivity index is 2.50. The van der Waals surface area contributed by atoms with Gasteiger partial charge >= 0.3 is 19.3 Å². The van der Waals surface area contributed by atoms with Crippen LogP contribution in [0.3, 0.4) is 0 Å². The van der Waals surface area contributed by atoms with E-state index in [1.807, 2.05) is 0 Å². The van der Waals surface area contributed by atoms with E-state index in [2.05, 4.69) is 4.98 Å². The van der Waals surface area contributed by atoms with E-state index in [0.717, 1.165) is 6.07 Å². The lowest BCUT2D eigenvalue weighted by Gasteiger charge is -2.32. The van der Waals surface area contributed by atoms with Crippen LogP contribution in [0.25, 0.3) is 0 Å². The molecule has 1 aromatic rings. The number of carbonyl (C=O) groups excluding carboxylic acids is 2. The second kappa shape index (κ2) is 8.26. The highest BCUT2D eigenvalue weighted by Gasteiger charge is 2.53. The minimum Gasteiger partial charge on any atom is -0.443 e. The SMILES string of the molecule is CC(C)(C)OC(=O)N(C(=O)OC(C)(C)C)c1nc(F)c(B2OC(C)(C)C(C)(C)O2)cc1F. The van der Waals surface area contributed by atoms with Crippen molar-refractivity contribution in [2.75, 3.05) is 4.90 Å². The smallest absolute Gasteiger partial charge is 0.443 e. The van der Waals surface area contributed by atoms with Crippen molar-refractivity contribution in [3.05, 3.63) is 17.8 Å². The molecular formula is C21H31BF2N2O6. The summed E-state index contributed by atoms with van der Waals surface area (Å²) >= 11 is 0. The summed E-state index contributed by atoms with van der Waals surface area (Å²) in [6.07, 6.45) is -2.53. The van der Waals surface area contributed by atoms with Crippen LogP contribution >= 0.6 is 0 Å². The summed E-state index contributed by atoms with van der Waals surface area (Å²) in [5, 5.41) is 0. The van der Waals surface area contributed by atoms with Crippen molar-refractivity contribution in [3.8, 4) is 0 Å². The van der Waals surface area contributed by atoms with Crippen LogP contribution in [0.2, 0.25) is 0 Å².